The predicted molar refractivity (Wildman–Crippen MR) is 135 cm³/mol. The zero-order valence-corrected chi connectivity index (χ0v) is 19.7. The van der Waals surface area contributed by atoms with Crippen molar-refractivity contribution in [2.75, 3.05) is 5.32 Å². The lowest BCUT2D eigenvalue weighted by Crippen LogP contribution is -2.19. The molecule has 0 saturated heterocycles. The first-order valence-electron chi connectivity index (χ1n) is 11.4. The lowest BCUT2D eigenvalue weighted by molar-refractivity contribution is 0.102. The smallest absolute Gasteiger partial charge is 0.255 e. The maximum Gasteiger partial charge on any atom is 0.255 e. The fraction of sp³-hybridized carbons (Fsp3) is 0.276. The zero-order valence-electron chi connectivity index (χ0n) is 19.7. The first-order valence-corrected chi connectivity index (χ1v) is 11.4. The highest BCUT2D eigenvalue weighted by Gasteiger charge is 2.26. The van der Waals surface area contributed by atoms with Crippen LogP contribution >= 0.6 is 0 Å². The van der Waals surface area contributed by atoms with E-state index < -0.39 is 0 Å². The number of carbonyl (C=O) groups excluding carboxylic acids is 1. The van der Waals surface area contributed by atoms with E-state index in [1.165, 1.54) is 42.5 Å². The average Bonchev–Trinajstić information content (AvgIpc) is 3.15. The quantitative estimate of drug-likeness (QED) is 0.313. The largest absolute Gasteiger partial charge is 0.508 e. The maximum atomic E-state index is 12.6. The van der Waals surface area contributed by atoms with Crippen molar-refractivity contribution in [2.24, 2.45) is 5.41 Å². The van der Waals surface area contributed by atoms with Crippen LogP contribution in [0, 0.1) is 5.41 Å². The summed E-state index contributed by atoms with van der Waals surface area (Å²) in [6, 6.07) is 13.8. The molecule has 1 amide bonds. The van der Waals surface area contributed by atoms with E-state index in [0.29, 0.717) is 16.8 Å². The highest BCUT2D eigenvalue weighted by molar-refractivity contribution is 6.06. The van der Waals surface area contributed by atoms with Crippen molar-refractivity contribution in [3.63, 3.8) is 0 Å². The van der Waals surface area contributed by atoms with Crippen molar-refractivity contribution in [1.82, 2.24) is 0 Å². The van der Waals surface area contributed by atoms with Crippen LogP contribution in [0.5, 0.6) is 5.75 Å². The Balaban J connectivity index is 1.51. The number of benzene rings is 2. The molecule has 0 unspecified atom stereocenters. The molecule has 3 aromatic rings. The number of anilines is 1. The van der Waals surface area contributed by atoms with E-state index in [1.807, 2.05) is 18.2 Å². The molecule has 1 aromatic heterocycles. The molecule has 0 bridgehead atoms. The SMILES string of the molecule is CC(C=CC1=C(C)CCCC1(C)C)=Cc1cc2ccc(C(=O)Nc3ccc(O)cc3)cc2o1. The molecule has 2 N–H and O–H groups in total. The number of phenols is 1. The lowest BCUT2D eigenvalue weighted by Gasteiger charge is -2.32. The molecule has 0 atom stereocenters. The summed E-state index contributed by atoms with van der Waals surface area (Å²) in [6.45, 7) is 8.96. The molecule has 4 rings (SSSR count). The Morgan fingerprint density at radius 3 is 2.61 bits per heavy atom. The van der Waals surface area contributed by atoms with Crippen LogP contribution in [0.2, 0.25) is 0 Å². The molecule has 0 fully saturated rings. The number of carbonyl (C=O) groups is 1. The van der Waals surface area contributed by atoms with E-state index in [9.17, 15) is 9.90 Å². The summed E-state index contributed by atoms with van der Waals surface area (Å²) in [5, 5.41) is 13.2. The van der Waals surface area contributed by atoms with Crippen LogP contribution in [0.25, 0.3) is 17.0 Å². The molecule has 1 heterocycles. The van der Waals surface area contributed by atoms with Crippen LogP contribution in [-0.2, 0) is 0 Å². The Bertz CT molecular complexity index is 1270. The van der Waals surface area contributed by atoms with Crippen LogP contribution in [-0.4, -0.2) is 11.0 Å². The summed E-state index contributed by atoms with van der Waals surface area (Å²) in [4.78, 5) is 12.6. The Labute approximate surface area is 195 Å². The van der Waals surface area contributed by atoms with Gasteiger partial charge in [-0.3, -0.25) is 4.79 Å². The third-order valence-electron chi connectivity index (χ3n) is 6.35. The van der Waals surface area contributed by atoms with Gasteiger partial charge in [-0.15, -0.1) is 0 Å². The van der Waals surface area contributed by atoms with Crippen LogP contribution in [0.15, 0.2) is 81.8 Å². The number of rotatable bonds is 5. The average molecular weight is 442 g/mol. The first kappa shape index (κ1) is 22.7. The van der Waals surface area contributed by atoms with Gasteiger partial charge in [-0.2, -0.15) is 0 Å². The van der Waals surface area contributed by atoms with Crippen molar-refractivity contribution >= 4 is 28.6 Å². The van der Waals surface area contributed by atoms with Gasteiger partial charge >= 0.3 is 0 Å². The molecule has 4 nitrogen and oxygen atoms in total. The van der Waals surface area contributed by atoms with Crippen LogP contribution in [0.4, 0.5) is 5.69 Å². The Morgan fingerprint density at radius 2 is 1.88 bits per heavy atom. The van der Waals surface area contributed by atoms with Gasteiger partial charge in [0.15, 0.2) is 0 Å². The van der Waals surface area contributed by atoms with Crippen LogP contribution in [0.3, 0.4) is 0 Å². The van der Waals surface area contributed by atoms with Gasteiger partial charge in [0.2, 0.25) is 0 Å². The highest BCUT2D eigenvalue weighted by atomic mass is 16.3. The maximum absolute atomic E-state index is 12.6. The Hall–Kier alpha value is -3.53. The minimum Gasteiger partial charge on any atom is -0.508 e. The van der Waals surface area contributed by atoms with Gasteiger partial charge in [0.1, 0.15) is 17.1 Å². The second kappa shape index (κ2) is 9.14. The topological polar surface area (TPSA) is 62.5 Å². The molecule has 4 heteroatoms. The number of furan rings is 1. The van der Waals surface area contributed by atoms with E-state index >= 15 is 0 Å². The standard InChI is InChI=1S/C29H31NO3/c1-19(7-14-26-20(2)6-5-15-29(26,3)4)16-25-17-21-8-9-22(18-27(21)33-25)28(32)30-23-10-12-24(31)13-11-23/h7-14,16-18,31H,5-6,15H2,1-4H3,(H,30,32). The number of hydrogen-bond acceptors (Lipinski definition) is 3. The Kier molecular flexibility index (Phi) is 6.28. The fourth-order valence-electron chi connectivity index (χ4n) is 4.51. The number of fused-ring (bicyclic) bond motifs is 1. The van der Waals surface area contributed by atoms with E-state index in [-0.39, 0.29) is 17.1 Å². The molecule has 0 spiro atoms. The first-order chi connectivity index (χ1) is 15.7. The van der Waals surface area contributed by atoms with E-state index in [1.54, 1.807) is 24.3 Å². The number of allylic oxidation sites excluding steroid dienone is 5. The molecule has 1 aliphatic rings. The van der Waals surface area contributed by atoms with Gasteiger partial charge in [-0.1, -0.05) is 37.6 Å². The normalized spacial score (nSPS) is 16.5. The van der Waals surface area contributed by atoms with Gasteiger partial charge in [0.25, 0.3) is 5.91 Å². The van der Waals surface area contributed by atoms with Crippen molar-refractivity contribution < 1.29 is 14.3 Å². The molecule has 0 aliphatic heterocycles. The third-order valence-corrected chi connectivity index (χ3v) is 6.35. The minimum atomic E-state index is -0.228. The van der Waals surface area contributed by atoms with Crippen molar-refractivity contribution in [3.8, 4) is 5.75 Å². The zero-order chi connectivity index (χ0) is 23.6. The summed E-state index contributed by atoms with van der Waals surface area (Å²) in [7, 11) is 0. The second-order valence-corrected chi connectivity index (χ2v) is 9.56. The van der Waals surface area contributed by atoms with Crippen LogP contribution < -0.4 is 5.32 Å². The number of hydrogen-bond donors (Lipinski definition) is 2. The number of phenolic OH excluding ortho intramolecular Hbond substituents is 1. The monoisotopic (exact) mass is 441 g/mol. The van der Waals surface area contributed by atoms with Gasteiger partial charge in [0, 0.05) is 16.6 Å². The molecule has 170 valence electrons. The molecule has 33 heavy (non-hydrogen) atoms. The Morgan fingerprint density at radius 1 is 1.12 bits per heavy atom. The van der Waals surface area contributed by atoms with Crippen molar-refractivity contribution in [3.05, 3.63) is 88.7 Å². The molecular weight excluding hydrogens is 410 g/mol. The minimum absolute atomic E-state index is 0.157. The van der Waals surface area contributed by atoms with E-state index in [2.05, 4.69) is 45.2 Å². The van der Waals surface area contributed by atoms with Crippen LogP contribution in [0.1, 0.15) is 63.1 Å². The molecule has 1 aliphatic carbocycles. The summed E-state index contributed by atoms with van der Waals surface area (Å²) < 4.78 is 6.01. The fourth-order valence-corrected chi connectivity index (χ4v) is 4.51. The number of amides is 1. The van der Waals surface area contributed by atoms with Crippen molar-refractivity contribution in [1.29, 1.82) is 0 Å². The number of aromatic hydroxyl groups is 1. The third kappa shape index (κ3) is 5.28. The predicted octanol–water partition coefficient (Wildman–Crippen LogP) is 7.88. The summed E-state index contributed by atoms with van der Waals surface area (Å²) in [5.41, 5.74) is 6.06. The molecular formula is C29H31NO3. The van der Waals surface area contributed by atoms with Gasteiger partial charge in [0.05, 0.1) is 0 Å². The lowest BCUT2D eigenvalue weighted by atomic mass is 9.72. The summed E-state index contributed by atoms with van der Waals surface area (Å²) >= 11 is 0. The molecule has 2 aromatic carbocycles. The van der Waals surface area contributed by atoms with Crippen molar-refractivity contribution in [2.45, 2.75) is 47.0 Å². The second-order valence-electron chi connectivity index (χ2n) is 9.56. The van der Waals surface area contributed by atoms with Gasteiger partial charge in [-0.25, -0.2) is 0 Å². The summed E-state index contributed by atoms with van der Waals surface area (Å²) in [5.74, 6) is 0.691. The number of nitrogens with one attached hydrogen (secondary N) is 1. The summed E-state index contributed by atoms with van der Waals surface area (Å²) in [6.07, 6.45) is 10.1. The molecule has 0 saturated carbocycles. The van der Waals surface area contributed by atoms with Gasteiger partial charge in [-0.05, 0) is 98.2 Å². The van der Waals surface area contributed by atoms with E-state index in [0.717, 1.165) is 16.7 Å². The van der Waals surface area contributed by atoms with E-state index in [4.69, 9.17) is 4.42 Å². The molecule has 0 radical (unpaired) electrons. The van der Waals surface area contributed by atoms with Gasteiger partial charge < -0.3 is 14.8 Å². The highest BCUT2D eigenvalue weighted by Crippen LogP contribution is 2.40.